The molecule has 2 N–H and O–H groups in total. The van der Waals surface area contributed by atoms with E-state index in [2.05, 4.69) is 11.8 Å². The molecule has 1 unspecified atom stereocenters. The number of rotatable bonds is 5. The number of likely N-dealkylation sites (tertiary alicyclic amines) is 1. The van der Waals surface area contributed by atoms with Crippen molar-refractivity contribution in [2.75, 3.05) is 32.7 Å². The Bertz CT molecular complexity index is 231. The van der Waals surface area contributed by atoms with Crippen molar-refractivity contribution in [2.24, 2.45) is 11.7 Å². The molecule has 0 saturated carbocycles. The SMILES string of the molecule is CCN(CC)C(=O)CN1CCC(C(C)N)CC1. The number of nitrogens with two attached hydrogens (primary N) is 1. The highest BCUT2D eigenvalue weighted by molar-refractivity contribution is 5.78. The summed E-state index contributed by atoms with van der Waals surface area (Å²) in [6.45, 7) is 10.4. The van der Waals surface area contributed by atoms with Gasteiger partial charge < -0.3 is 10.6 Å². The maximum Gasteiger partial charge on any atom is 0.236 e. The molecule has 0 spiro atoms. The third-order valence-corrected chi connectivity index (χ3v) is 3.85. The van der Waals surface area contributed by atoms with Crippen LogP contribution in [0.4, 0.5) is 0 Å². The van der Waals surface area contributed by atoms with Crippen molar-refractivity contribution in [1.29, 1.82) is 0 Å². The fourth-order valence-electron chi connectivity index (χ4n) is 2.50. The summed E-state index contributed by atoms with van der Waals surface area (Å²) in [7, 11) is 0. The second-order valence-electron chi connectivity index (χ2n) is 5.04. The molecule has 0 bridgehead atoms. The Morgan fingerprint density at radius 2 is 1.88 bits per heavy atom. The average molecular weight is 241 g/mol. The monoisotopic (exact) mass is 241 g/mol. The van der Waals surface area contributed by atoms with Crippen LogP contribution in [0, 0.1) is 5.92 Å². The van der Waals surface area contributed by atoms with Gasteiger partial charge in [0.05, 0.1) is 6.54 Å². The molecule has 0 aliphatic carbocycles. The van der Waals surface area contributed by atoms with Crippen LogP contribution in [0.15, 0.2) is 0 Å². The zero-order chi connectivity index (χ0) is 12.8. The zero-order valence-electron chi connectivity index (χ0n) is 11.5. The second kappa shape index (κ2) is 6.97. The number of likely N-dealkylation sites (N-methyl/N-ethyl adjacent to an activating group) is 1. The van der Waals surface area contributed by atoms with Gasteiger partial charge in [0.25, 0.3) is 0 Å². The number of amides is 1. The Kier molecular flexibility index (Phi) is 5.92. The molecule has 1 saturated heterocycles. The van der Waals surface area contributed by atoms with E-state index in [-0.39, 0.29) is 11.9 Å². The summed E-state index contributed by atoms with van der Waals surface area (Å²) in [5.74, 6) is 0.893. The van der Waals surface area contributed by atoms with Crippen molar-refractivity contribution in [2.45, 2.75) is 39.7 Å². The molecular formula is C13H27N3O. The van der Waals surface area contributed by atoms with Crippen LogP contribution in [-0.4, -0.2) is 54.5 Å². The largest absolute Gasteiger partial charge is 0.342 e. The Labute approximate surface area is 105 Å². The molecule has 17 heavy (non-hydrogen) atoms. The van der Waals surface area contributed by atoms with Gasteiger partial charge in [0.1, 0.15) is 0 Å². The predicted octanol–water partition coefficient (Wildman–Crippen LogP) is 0.914. The molecule has 1 amide bonds. The van der Waals surface area contributed by atoms with Crippen LogP contribution in [0.5, 0.6) is 0 Å². The second-order valence-corrected chi connectivity index (χ2v) is 5.04. The van der Waals surface area contributed by atoms with E-state index in [1.165, 1.54) is 0 Å². The van der Waals surface area contributed by atoms with Gasteiger partial charge in [-0.2, -0.15) is 0 Å². The normalized spacial score (nSPS) is 20.2. The molecule has 100 valence electrons. The lowest BCUT2D eigenvalue weighted by Gasteiger charge is -2.34. The lowest BCUT2D eigenvalue weighted by atomic mass is 9.91. The minimum absolute atomic E-state index is 0.259. The van der Waals surface area contributed by atoms with Crippen molar-refractivity contribution in [3.63, 3.8) is 0 Å². The molecule has 1 fully saturated rings. The highest BCUT2D eigenvalue weighted by Crippen LogP contribution is 2.19. The van der Waals surface area contributed by atoms with E-state index >= 15 is 0 Å². The molecule has 0 aromatic carbocycles. The molecule has 0 aromatic rings. The van der Waals surface area contributed by atoms with E-state index in [1.807, 2.05) is 18.7 Å². The van der Waals surface area contributed by atoms with E-state index in [1.54, 1.807) is 0 Å². The molecule has 4 nitrogen and oxygen atoms in total. The van der Waals surface area contributed by atoms with Crippen molar-refractivity contribution < 1.29 is 4.79 Å². The number of carbonyl (C=O) groups is 1. The van der Waals surface area contributed by atoms with Gasteiger partial charge in [-0.05, 0) is 52.6 Å². The standard InChI is InChI=1S/C13H27N3O/c1-4-16(5-2)13(17)10-15-8-6-12(7-9-15)11(3)14/h11-12H,4-10,14H2,1-3H3. The highest BCUT2D eigenvalue weighted by Gasteiger charge is 2.23. The molecular weight excluding hydrogens is 214 g/mol. The summed E-state index contributed by atoms with van der Waals surface area (Å²) in [4.78, 5) is 16.1. The fourth-order valence-corrected chi connectivity index (χ4v) is 2.50. The van der Waals surface area contributed by atoms with Gasteiger partial charge in [-0.25, -0.2) is 0 Å². The summed E-state index contributed by atoms with van der Waals surface area (Å²) in [5, 5.41) is 0. The Morgan fingerprint density at radius 1 is 1.35 bits per heavy atom. The molecule has 1 atom stereocenters. The molecule has 1 aliphatic heterocycles. The molecule has 1 heterocycles. The maximum atomic E-state index is 11.9. The Morgan fingerprint density at radius 3 is 2.29 bits per heavy atom. The van der Waals surface area contributed by atoms with Gasteiger partial charge in [-0.3, -0.25) is 9.69 Å². The van der Waals surface area contributed by atoms with Gasteiger partial charge in [0.2, 0.25) is 5.91 Å². The van der Waals surface area contributed by atoms with Crippen molar-refractivity contribution >= 4 is 5.91 Å². The van der Waals surface area contributed by atoms with Crippen LogP contribution in [0.2, 0.25) is 0 Å². The molecule has 4 heteroatoms. The minimum Gasteiger partial charge on any atom is -0.342 e. The van der Waals surface area contributed by atoms with Gasteiger partial charge in [0, 0.05) is 19.1 Å². The molecule has 0 aromatic heterocycles. The van der Waals surface area contributed by atoms with E-state index in [0.717, 1.165) is 39.0 Å². The summed E-state index contributed by atoms with van der Waals surface area (Å²) in [6.07, 6.45) is 2.26. The van der Waals surface area contributed by atoms with E-state index < -0.39 is 0 Å². The van der Waals surface area contributed by atoms with E-state index in [0.29, 0.717) is 12.5 Å². The average Bonchev–Trinajstić information content (AvgIpc) is 2.31. The first-order valence-corrected chi connectivity index (χ1v) is 6.84. The van der Waals surface area contributed by atoms with Crippen molar-refractivity contribution in [1.82, 2.24) is 9.80 Å². The van der Waals surface area contributed by atoms with E-state index in [4.69, 9.17) is 5.73 Å². The third kappa shape index (κ3) is 4.28. The topological polar surface area (TPSA) is 49.6 Å². The zero-order valence-corrected chi connectivity index (χ0v) is 11.5. The van der Waals surface area contributed by atoms with Crippen LogP contribution in [-0.2, 0) is 4.79 Å². The van der Waals surface area contributed by atoms with Crippen molar-refractivity contribution in [3.8, 4) is 0 Å². The summed E-state index contributed by atoms with van der Waals surface area (Å²) in [6, 6.07) is 0.288. The first kappa shape index (κ1) is 14.5. The van der Waals surface area contributed by atoms with Gasteiger partial charge in [0.15, 0.2) is 0 Å². The predicted molar refractivity (Wildman–Crippen MR) is 70.7 cm³/mol. The van der Waals surface area contributed by atoms with Crippen LogP contribution >= 0.6 is 0 Å². The number of carbonyl (C=O) groups excluding carboxylic acids is 1. The quantitative estimate of drug-likeness (QED) is 0.778. The number of hydrogen-bond acceptors (Lipinski definition) is 3. The molecule has 1 rings (SSSR count). The number of hydrogen-bond donors (Lipinski definition) is 1. The number of piperidine rings is 1. The first-order chi connectivity index (χ1) is 8.08. The molecule has 0 radical (unpaired) electrons. The minimum atomic E-state index is 0.259. The third-order valence-electron chi connectivity index (χ3n) is 3.85. The van der Waals surface area contributed by atoms with Crippen LogP contribution < -0.4 is 5.73 Å². The van der Waals surface area contributed by atoms with E-state index in [9.17, 15) is 4.79 Å². The lowest BCUT2D eigenvalue weighted by Crippen LogP contribution is -2.45. The first-order valence-electron chi connectivity index (χ1n) is 6.84. The van der Waals surface area contributed by atoms with Gasteiger partial charge in [-0.15, -0.1) is 0 Å². The fraction of sp³-hybridized carbons (Fsp3) is 0.923. The van der Waals surface area contributed by atoms with Crippen LogP contribution in [0.1, 0.15) is 33.6 Å². The summed E-state index contributed by atoms with van der Waals surface area (Å²) in [5.41, 5.74) is 5.91. The van der Waals surface area contributed by atoms with Crippen molar-refractivity contribution in [3.05, 3.63) is 0 Å². The molecule has 1 aliphatic rings. The maximum absolute atomic E-state index is 11.9. The number of nitrogens with zero attached hydrogens (tertiary/aromatic N) is 2. The summed E-state index contributed by atoms with van der Waals surface area (Å²) < 4.78 is 0. The smallest absolute Gasteiger partial charge is 0.236 e. The van der Waals surface area contributed by atoms with Gasteiger partial charge in [-0.1, -0.05) is 0 Å². The summed E-state index contributed by atoms with van der Waals surface area (Å²) >= 11 is 0. The highest BCUT2D eigenvalue weighted by atomic mass is 16.2. The Balaban J connectivity index is 2.33. The Hall–Kier alpha value is -0.610. The lowest BCUT2D eigenvalue weighted by molar-refractivity contribution is -0.132. The van der Waals surface area contributed by atoms with Crippen LogP contribution in [0.25, 0.3) is 0 Å². The van der Waals surface area contributed by atoms with Crippen LogP contribution in [0.3, 0.4) is 0 Å². The van der Waals surface area contributed by atoms with Gasteiger partial charge >= 0.3 is 0 Å².